The third-order valence-electron chi connectivity index (χ3n) is 3.92. The molecular weight excluding hydrogens is 295 g/mol. The van der Waals surface area contributed by atoms with Crippen LogP contribution in [0.1, 0.15) is 5.69 Å². The van der Waals surface area contributed by atoms with Crippen molar-refractivity contribution in [3.63, 3.8) is 0 Å². The zero-order valence-electron chi connectivity index (χ0n) is 13.3. The fourth-order valence-electron chi connectivity index (χ4n) is 2.79. The lowest BCUT2D eigenvalue weighted by Crippen LogP contribution is -2.49. The van der Waals surface area contributed by atoms with Gasteiger partial charge in [0.1, 0.15) is 11.2 Å². The number of aromatic nitrogens is 1. The second-order valence-corrected chi connectivity index (χ2v) is 5.28. The van der Waals surface area contributed by atoms with Crippen LogP contribution in [0.2, 0.25) is 0 Å². The molecule has 1 heterocycles. The highest BCUT2D eigenvalue weighted by Crippen LogP contribution is 2.39. The molecule has 0 spiro atoms. The van der Waals surface area contributed by atoms with Crippen LogP contribution >= 0.6 is 0 Å². The first-order valence-corrected chi connectivity index (χ1v) is 7.18. The molecule has 0 bridgehead atoms. The summed E-state index contributed by atoms with van der Waals surface area (Å²) in [7, 11) is 3.18. The molecule has 0 fully saturated rings. The molecule has 2 N–H and O–H groups in total. The van der Waals surface area contributed by atoms with E-state index >= 15 is 0 Å². The third kappa shape index (κ3) is 2.44. The van der Waals surface area contributed by atoms with Gasteiger partial charge in [-0.2, -0.15) is 0 Å². The van der Waals surface area contributed by atoms with Gasteiger partial charge in [0.15, 0.2) is 11.5 Å². The van der Waals surface area contributed by atoms with E-state index in [9.17, 15) is 4.39 Å². The van der Waals surface area contributed by atoms with Crippen molar-refractivity contribution in [3.8, 4) is 22.8 Å². The molecule has 0 aliphatic carbocycles. The Hall–Kier alpha value is -2.82. The Morgan fingerprint density at radius 1 is 1.00 bits per heavy atom. The highest BCUT2D eigenvalue weighted by atomic mass is 19.1. The first kappa shape index (κ1) is 15.1. The van der Waals surface area contributed by atoms with Gasteiger partial charge >= 0.3 is 0 Å². The Labute approximate surface area is 133 Å². The molecule has 0 saturated heterocycles. The summed E-state index contributed by atoms with van der Waals surface area (Å²) < 4.78 is 25.8. The summed E-state index contributed by atoms with van der Waals surface area (Å²) in [6.07, 6.45) is 0. The average Bonchev–Trinajstić information content (AvgIpc) is 2.56. The van der Waals surface area contributed by atoms with E-state index in [2.05, 4.69) is 0 Å². The number of fused-ring (bicyclic) bond motifs is 1. The Bertz CT molecular complexity index is 877. The number of aryl methyl sites for hydroxylation is 1. The van der Waals surface area contributed by atoms with Gasteiger partial charge < -0.3 is 9.47 Å². The van der Waals surface area contributed by atoms with E-state index in [0.717, 1.165) is 27.7 Å². The van der Waals surface area contributed by atoms with Gasteiger partial charge in [-0.3, -0.25) is 0 Å². The smallest absolute Gasteiger partial charge is 0.254 e. The first-order chi connectivity index (χ1) is 11.1. The average molecular weight is 313 g/mol. The van der Waals surface area contributed by atoms with Gasteiger partial charge in [0.2, 0.25) is 5.69 Å². The van der Waals surface area contributed by atoms with Crippen LogP contribution in [0.4, 0.5) is 4.39 Å². The van der Waals surface area contributed by atoms with Crippen LogP contribution in [0.5, 0.6) is 11.5 Å². The van der Waals surface area contributed by atoms with Crippen LogP contribution in [0, 0.1) is 12.7 Å². The van der Waals surface area contributed by atoms with Crippen LogP contribution in [-0.2, 0) is 0 Å². The van der Waals surface area contributed by atoms with E-state index in [-0.39, 0.29) is 5.82 Å². The van der Waals surface area contributed by atoms with Gasteiger partial charge in [0.05, 0.1) is 19.8 Å². The first-order valence-electron chi connectivity index (χ1n) is 7.18. The predicted octanol–water partition coefficient (Wildman–Crippen LogP) is 2.97. The Balaban J connectivity index is 2.46. The zero-order valence-corrected chi connectivity index (χ0v) is 13.3. The lowest BCUT2D eigenvalue weighted by atomic mass is 10.0. The van der Waals surface area contributed by atoms with Gasteiger partial charge in [-0.25, -0.2) is 10.2 Å². The molecule has 0 saturated carbocycles. The number of rotatable bonds is 3. The molecule has 5 heteroatoms. The number of methoxy groups -OCH3 is 2. The molecular formula is C18H18FN2O2+. The minimum atomic E-state index is -0.293. The normalized spacial score (nSPS) is 10.8. The van der Waals surface area contributed by atoms with Gasteiger partial charge in [0, 0.05) is 13.0 Å². The Kier molecular flexibility index (Phi) is 3.78. The van der Waals surface area contributed by atoms with Gasteiger partial charge in [-0.1, -0.05) is 4.68 Å². The summed E-state index contributed by atoms with van der Waals surface area (Å²) in [5, 5.41) is 1.80. The highest BCUT2D eigenvalue weighted by Gasteiger charge is 2.24. The van der Waals surface area contributed by atoms with Crippen molar-refractivity contribution in [1.29, 1.82) is 0 Å². The molecule has 0 amide bonds. The fraction of sp³-hybridized carbons (Fsp3) is 0.167. The van der Waals surface area contributed by atoms with Crippen molar-refractivity contribution < 1.29 is 18.5 Å². The highest BCUT2D eigenvalue weighted by molar-refractivity contribution is 5.99. The maximum Gasteiger partial charge on any atom is 0.254 e. The zero-order chi connectivity index (χ0) is 16.6. The number of nitrogens with zero attached hydrogens (tertiary/aromatic N) is 1. The van der Waals surface area contributed by atoms with Crippen molar-refractivity contribution in [1.82, 2.24) is 0 Å². The van der Waals surface area contributed by atoms with Crippen LogP contribution in [0.15, 0.2) is 42.5 Å². The molecule has 23 heavy (non-hydrogen) atoms. The minimum absolute atomic E-state index is 0.293. The largest absolute Gasteiger partial charge is 0.493 e. The number of hydrogen-bond acceptors (Lipinski definition) is 3. The van der Waals surface area contributed by atoms with Crippen LogP contribution in [0.3, 0.4) is 0 Å². The number of ether oxygens (including phenoxy) is 2. The van der Waals surface area contributed by atoms with Gasteiger partial charge in [0.25, 0.3) is 5.69 Å². The fourth-order valence-corrected chi connectivity index (χ4v) is 2.79. The van der Waals surface area contributed by atoms with Crippen molar-refractivity contribution in [2.75, 3.05) is 20.1 Å². The number of hydrogen-bond donors (Lipinski definition) is 1. The number of halogens is 1. The van der Waals surface area contributed by atoms with E-state index in [0.29, 0.717) is 11.5 Å². The van der Waals surface area contributed by atoms with Crippen molar-refractivity contribution >= 4 is 10.8 Å². The monoisotopic (exact) mass is 313 g/mol. The molecule has 0 unspecified atom stereocenters. The summed E-state index contributed by atoms with van der Waals surface area (Å²) in [6.45, 7) is 1.92. The summed E-state index contributed by atoms with van der Waals surface area (Å²) >= 11 is 0. The molecule has 3 aromatic rings. The third-order valence-corrected chi connectivity index (χ3v) is 3.92. The number of benzene rings is 2. The van der Waals surface area contributed by atoms with Crippen LogP contribution in [0.25, 0.3) is 22.0 Å². The maximum atomic E-state index is 13.3. The minimum Gasteiger partial charge on any atom is -0.493 e. The van der Waals surface area contributed by atoms with Crippen LogP contribution in [-0.4, -0.2) is 14.2 Å². The Morgan fingerprint density at radius 2 is 1.70 bits per heavy atom. The topological polar surface area (TPSA) is 48.4 Å². The molecule has 1 aromatic heterocycles. The van der Waals surface area contributed by atoms with E-state index in [1.165, 1.54) is 12.1 Å². The second-order valence-electron chi connectivity index (χ2n) is 5.28. The Morgan fingerprint density at radius 3 is 2.30 bits per heavy atom. The molecule has 2 aromatic carbocycles. The van der Waals surface area contributed by atoms with Crippen molar-refractivity contribution in [2.45, 2.75) is 6.92 Å². The van der Waals surface area contributed by atoms with Crippen LogP contribution < -0.4 is 20.0 Å². The molecule has 118 valence electrons. The molecule has 4 nitrogen and oxygen atoms in total. The van der Waals surface area contributed by atoms with Gasteiger partial charge in [-0.15, -0.1) is 0 Å². The van der Waals surface area contributed by atoms with E-state index in [1.807, 2.05) is 25.1 Å². The molecule has 0 radical (unpaired) electrons. The van der Waals surface area contributed by atoms with E-state index in [4.69, 9.17) is 15.3 Å². The summed E-state index contributed by atoms with van der Waals surface area (Å²) in [6, 6.07) is 12.0. The maximum absolute atomic E-state index is 13.3. The van der Waals surface area contributed by atoms with E-state index in [1.54, 1.807) is 31.0 Å². The summed E-state index contributed by atoms with van der Waals surface area (Å²) in [5.41, 5.74) is 2.42. The SMILES string of the molecule is COc1ccc2cc(C)[n+](N)c(-c3ccc(F)cc3)c2c1OC. The number of nitrogen functional groups attached to an aromatic ring is 1. The lowest BCUT2D eigenvalue weighted by Gasteiger charge is -2.13. The summed E-state index contributed by atoms with van der Waals surface area (Å²) in [5.74, 6) is 7.19. The molecule has 0 atom stereocenters. The molecule has 0 aliphatic heterocycles. The lowest BCUT2D eigenvalue weighted by molar-refractivity contribution is -0.632. The van der Waals surface area contributed by atoms with Crippen molar-refractivity contribution in [2.24, 2.45) is 0 Å². The number of nitrogens with two attached hydrogens (primary N) is 1. The summed E-state index contributed by atoms with van der Waals surface area (Å²) in [4.78, 5) is 0. The standard InChI is InChI=1S/C18H18FN2O2/c1-11-10-13-6-9-15(22-2)18(23-3)16(13)17(21(11)20)12-4-7-14(19)8-5-12/h4-10H,20H2,1-3H3/q+1. The van der Waals surface area contributed by atoms with Gasteiger partial charge in [-0.05, 0) is 41.8 Å². The number of pyridine rings is 1. The molecule has 3 rings (SSSR count). The van der Waals surface area contributed by atoms with E-state index < -0.39 is 0 Å². The predicted molar refractivity (Wildman–Crippen MR) is 87.5 cm³/mol. The second kappa shape index (κ2) is 5.76. The quantitative estimate of drug-likeness (QED) is 0.597. The van der Waals surface area contributed by atoms with Crippen molar-refractivity contribution in [3.05, 3.63) is 54.0 Å². The molecule has 0 aliphatic rings.